The normalized spacial score (nSPS) is 13.5. The quantitative estimate of drug-likeness (QED) is 0.505. The first-order valence-electron chi connectivity index (χ1n) is 8.09. The zero-order chi connectivity index (χ0) is 17.0. The van der Waals surface area contributed by atoms with Crippen molar-refractivity contribution in [1.29, 1.82) is 0 Å². The van der Waals surface area contributed by atoms with Gasteiger partial charge in [0.1, 0.15) is 17.5 Å². The Morgan fingerprint density at radius 2 is 2.00 bits per heavy atom. The van der Waals surface area contributed by atoms with Crippen molar-refractivity contribution in [2.24, 2.45) is 0 Å². The molecule has 0 fully saturated rings. The summed E-state index contributed by atoms with van der Waals surface area (Å²) in [5.74, 6) is -0.212. The van der Waals surface area contributed by atoms with Crippen LogP contribution in [-0.2, 0) is 13.0 Å². The molecule has 0 spiro atoms. The topological polar surface area (TPSA) is 30.7 Å². The Kier molecular flexibility index (Phi) is 3.21. The highest BCUT2D eigenvalue weighted by Crippen LogP contribution is 2.38. The first-order chi connectivity index (χ1) is 12.2. The van der Waals surface area contributed by atoms with Crippen molar-refractivity contribution < 1.29 is 8.78 Å². The molecule has 0 saturated heterocycles. The number of hydrogen-bond donors (Lipinski definition) is 0. The number of fused-ring (bicyclic) bond motifs is 2. The lowest BCUT2D eigenvalue weighted by molar-refractivity contribution is 0.585. The second-order valence-electron chi connectivity index (χ2n) is 6.14. The second kappa shape index (κ2) is 5.46. The maximum Gasteiger partial charge on any atom is 0.135 e. The summed E-state index contributed by atoms with van der Waals surface area (Å²) in [6.07, 6.45) is 1.91. The van der Waals surface area contributed by atoms with Gasteiger partial charge in [-0.3, -0.25) is 0 Å². The van der Waals surface area contributed by atoms with E-state index in [1.807, 2.05) is 17.6 Å². The highest BCUT2D eigenvalue weighted by atomic mass is 32.1. The number of halogens is 2. The van der Waals surface area contributed by atoms with Crippen LogP contribution in [0.5, 0.6) is 0 Å². The van der Waals surface area contributed by atoms with Crippen LogP contribution in [0.4, 0.5) is 8.78 Å². The van der Waals surface area contributed by atoms with Crippen LogP contribution in [0.2, 0.25) is 0 Å². The van der Waals surface area contributed by atoms with Crippen molar-refractivity contribution in [3.63, 3.8) is 0 Å². The summed E-state index contributed by atoms with van der Waals surface area (Å²) in [7, 11) is 0. The molecule has 0 amide bonds. The highest BCUT2D eigenvalue weighted by Gasteiger charge is 2.25. The van der Waals surface area contributed by atoms with E-state index in [1.165, 1.54) is 12.1 Å². The third kappa shape index (κ3) is 2.28. The number of nitrogens with zero attached hydrogens (tertiary/aromatic N) is 3. The minimum atomic E-state index is -0.586. The molecule has 3 heterocycles. The van der Waals surface area contributed by atoms with E-state index in [-0.39, 0.29) is 0 Å². The lowest BCUT2D eigenvalue weighted by Gasteiger charge is -2.09. The summed E-state index contributed by atoms with van der Waals surface area (Å²) in [5, 5.41) is 0. The van der Waals surface area contributed by atoms with Gasteiger partial charge in [-0.1, -0.05) is 6.07 Å². The van der Waals surface area contributed by atoms with Crippen molar-refractivity contribution in [2.45, 2.75) is 19.4 Å². The molecule has 0 N–H and O–H groups in total. The first-order valence-corrected chi connectivity index (χ1v) is 8.97. The molecule has 0 unspecified atom stereocenters. The number of benzene rings is 2. The molecular formula is C19H13F2N3S. The lowest BCUT2D eigenvalue weighted by atomic mass is 10.0. The fourth-order valence-corrected chi connectivity index (χ4v) is 4.21. The Hall–Kier alpha value is -2.60. The molecule has 5 rings (SSSR count). The Balaban J connectivity index is 1.77. The van der Waals surface area contributed by atoms with Gasteiger partial charge in [0.05, 0.1) is 27.1 Å². The fourth-order valence-electron chi connectivity index (χ4n) is 3.49. The zero-order valence-electron chi connectivity index (χ0n) is 13.2. The molecule has 124 valence electrons. The Bertz CT molecular complexity index is 1110. The summed E-state index contributed by atoms with van der Waals surface area (Å²) in [5.41, 5.74) is 5.56. The van der Waals surface area contributed by atoms with Crippen LogP contribution >= 0.6 is 11.3 Å². The third-order valence-electron chi connectivity index (χ3n) is 4.62. The van der Waals surface area contributed by atoms with Gasteiger partial charge >= 0.3 is 0 Å². The molecule has 4 aromatic rings. The zero-order valence-corrected chi connectivity index (χ0v) is 14.0. The summed E-state index contributed by atoms with van der Waals surface area (Å²) in [6.45, 7) is 0.862. The van der Waals surface area contributed by atoms with Gasteiger partial charge in [-0.05, 0) is 30.7 Å². The minimum absolute atomic E-state index is 0.336. The standard InChI is InChI=1S/C19H13F2N3S/c20-12-4-5-13(14(21)9-12)18-19(24-7-1-2-17(24)23-18)11-3-6-15-16(8-11)25-10-22-15/h3-6,8-10H,1-2,7H2. The Morgan fingerprint density at radius 3 is 2.88 bits per heavy atom. The van der Waals surface area contributed by atoms with Gasteiger partial charge in [-0.2, -0.15) is 0 Å². The average molecular weight is 353 g/mol. The van der Waals surface area contributed by atoms with Crippen LogP contribution in [0, 0.1) is 11.6 Å². The Labute approximate surface area is 146 Å². The van der Waals surface area contributed by atoms with E-state index in [2.05, 4.69) is 20.6 Å². The van der Waals surface area contributed by atoms with E-state index in [0.29, 0.717) is 11.3 Å². The van der Waals surface area contributed by atoms with Crippen LogP contribution in [0.1, 0.15) is 12.2 Å². The van der Waals surface area contributed by atoms with Crippen LogP contribution in [-0.4, -0.2) is 14.5 Å². The molecule has 2 aromatic heterocycles. The van der Waals surface area contributed by atoms with E-state index < -0.39 is 11.6 Å². The molecule has 0 aliphatic carbocycles. The number of hydrogen-bond acceptors (Lipinski definition) is 3. The van der Waals surface area contributed by atoms with Gasteiger partial charge in [-0.25, -0.2) is 18.7 Å². The van der Waals surface area contributed by atoms with Crippen LogP contribution in [0.15, 0.2) is 41.9 Å². The van der Waals surface area contributed by atoms with Gasteiger partial charge < -0.3 is 4.57 Å². The monoisotopic (exact) mass is 353 g/mol. The molecule has 6 heteroatoms. The fraction of sp³-hybridized carbons (Fsp3) is 0.158. The second-order valence-corrected chi connectivity index (χ2v) is 7.03. The van der Waals surface area contributed by atoms with Gasteiger partial charge in [0.2, 0.25) is 0 Å². The molecule has 0 radical (unpaired) electrons. The third-order valence-corrected chi connectivity index (χ3v) is 5.41. The first kappa shape index (κ1) is 14.7. The average Bonchev–Trinajstić information content (AvgIpc) is 3.29. The molecule has 0 bridgehead atoms. The largest absolute Gasteiger partial charge is 0.327 e. The van der Waals surface area contributed by atoms with Crippen LogP contribution < -0.4 is 0 Å². The number of rotatable bonds is 2. The molecule has 0 saturated carbocycles. The van der Waals surface area contributed by atoms with Crippen molar-refractivity contribution in [3.8, 4) is 22.5 Å². The Morgan fingerprint density at radius 1 is 1.08 bits per heavy atom. The van der Waals surface area contributed by atoms with E-state index in [9.17, 15) is 8.78 Å². The molecular weight excluding hydrogens is 340 g/mol. The molecule has 25 heavy (non-hydrogen) atoms. The summed E-state index contributed by atoms with van der Waals surface area (Å²) >= 11 is 1.57. The summed E-state index contributed by atoms with van der Waals surface area (Å²) in [4.78, 5) is 9.00. The van der Waals surface area contributed by atoms with Crippen LogP contribution in [0.25, 0.3) is 32.7 Å². The van der Waals surface area contributed by atoms with Gasteiger partial charge in [0.15, 0.2) is 0 Å². The maximum atomic E-state index is 14.4. The van der Waals surface area contributed by atoms with E-state index in [4.69, 9.17) is 0 Å². The number of thiazole rings is 1. The van der Waals surface area contributed by atoms with Crippen molar-refractivity contribution in [1.82, 2.24) is 14.5 Å². The minimum Gasteiger partial charge on any atom is -0.327 e. The molecule has 1 aliphatic rings. The highest BCUT2D eigenvalue weighted by molar-refractivity contribution is 7.16. The predicted molar refractivity (Wildman–Crippen MR) is 94.5 cm³/mol. The molecule has 2 aromatic carbocycles. The summed E-state index contributed by atoms with van der Waals surface area (Å²) < 4.78 is 31.0. The van der Waals surface area contributed by atoms with E-state index in [0.717, 1.165) is 52.8 Å². The predicted octanol–water partition coefficient (Wildman–Crippen LogP) is 5.05. The van der Waals surface area contributed by atoms with Crippen LogP contribution in [0.3, 0.4) is 0 Å². The van der Waals surface area contributed by atoms with Gasteiger partial charge in [0, 0.05) is 30.2 Å². The van der Waals surface area contributed by atoms with E-state index >= 15 is 0 Å². The molecule has 3 nitrogen and oxygen atoms in total. The number of imidazole rings is 1. The summed E-state index contributed by atoms with van der Waals surface area (Å²) in [6, 6.07) is 9.70. The maximum absolute atomic E-state index is 14.4. The number of aryl methyl sites for hydroxylation is 1. The molecule has 0 atom stereocenters. The van der Waals surface area contributed by atoms with Gasteiger partial charge in [0.25, 0.3) is 0 Å². The molecule has 1 aliphatic heterocycles. The lowest BCUT2D eigenvalue weighted by Crippen LogP contribution is -1.97. The van der Waals surface area contributed by atoms with Crippen molar-refractivity contribution in [3.05, 3.63) is 59.4 Å². The van der Waals surface area contributed by atoms with Crippen molar-refractivity contribution in [2.75, 3.05) is 0 Å². The van der Waals surface area contributed by atoms with Crippen molar-refractivity contribution >= 4 is 21.6 Å². The smallest absolute Gasteiger partial charge is 0.135 e. The number of aromatic nitrogens is 3. The van der Waals surface area contributed by atoms with E-state index in [1.54, 1.807) is 11.3 Å². The van der Waals surface area contributed by atoms with Gasteiger partial charge in [-0.15, -0.1) is 11.3 Å². The SMILES string of the molecule is Fc1ccc(-c2nc3n(c2-c2ccc4ncsc4c2)CCC3)c(F)c1.